The predicted molar refractivity (Wildman–Crippen MR) is 70.8 cm³/mol. The fourth-order valence-corrected chi connectivity index (χ4v) is 3.08. The number of piperidine rings is 1. The maximum Gasteiger partial charge on any atom is 0.186 e. The molecule has 1 aromatic heterocycles. The van der Waals surface area contributed by atoms with Gasteiger partial charge in [-0.15, -0.1) is 0 Å². The fourth-order valence-electron chi connectivity index (χ4n) is 2.44. The number of hydrogen-bond acceptors (Lipinski definition) is 5. The predicted octanol–water partition coefficient (Wildman–Crippen LogP) is 1.42. The van der Waals surface area contributed by atoms with E-state index in [1.54, 1.807) is 6.33 Å². The van der Waals surface area contributed by atoms with Crippen LogP contribution in [0.15, 0.2) is 12.5 Å². The van der Waals surface area contributed by atoms with Gasteiger partial charge in [-0.05, 0) is 29.0 Å². The van der Waals surface area contributed by atoms with Crippen LogP contribution in [0.3, 0.4) is 0 Å². The zero-order valence-corrected chi connectivity index (χ0v) is 11.6. The van der Waals surface area contributed by atoms with E-state index in [0.717, 1.165) is 35.3 Å². The Morgan fingerprint density at radius 3 is 2.94 bits per heavy atom. The molecule has 1 spiro atoms. The van der Waals surface area contributed by atoms with Crippen LogP contribution in [-0.4, -0.2) is 42.1 Å². The van der Waals surface area contributed by atoms with Crippen molar-refractivity contribution < 1.29 is 9.47 Å². The second-order valence-corrected chi connectivity index (χ2v) is 5.49. The summed E-state index contributed by atoms with van der Waals surface area (Å²) in [6.07, 6.45) is 5.47. The first-order valence-electron chi connectivity index (χ1n) is 5.77. The first-order chi connectivity index (χ1) is 8.29. The molecule has 5 nitrogen and oxygen atoms in total. The first-order valence-corrected chi connectivity index (χ1v) is 6.85. The smallest absolute Gasteiger partial charge is 0.186 e. The van der Waals surface area contributed by atoms with Gasteiger partial charge >= 0.3 is 0 Å². The van der Waals surface area contributed by atoms with Crippen LogP contribution in [0.2, 0.25) is 0 Å². The van der Waals surface area contributed by atoms with Crippen molar-refractivity contribution in [3.8, 4) is 0 Å². The van der Waals surface area contributed by atoms with Crippen molar-refractivity contribution in [1.82, 2.24) is 9.97 Å². The quantitative estimate of drug-likeness (QED) is 0.720. The first kappa shape index (κ1) is 11.6. The van der Waals surface area contributed by atoms with Gasteiger partial charge in [-0.25, -0.2) is 9.97 Å². The minimum absolute atomic E-state index is 0.397. The van der Waals surface area contributed by atoms with Crippen molar-refractivity contribution in [2.24, 2.45) is 0 Å². The maximum atomic E-state index is 5.76. The Hall–Kier alpha value is -0.470. The number of ether oxygens (including phenoxy) is 2. The van der Waals surface area contributed by atoms with Gasteiger partial charge in [0.15, 0.2) is 5.79 Å². The van der Waals surface area contributed by atoms with E-state index in [-0.39, 0.29) is 0 Å². The highest BCUT2D eigenvalue weighted by molar-refractivity contribution is 14.1. The monoisotopic (exact) mass is 347 g/mol. The molecule has 1 aromatic rings. The summed E-state index contributed by atoms with van der Waals surface area (Å²) >= 11 is 2.27. The Bertz CT molecular complexity index is 409. The second kappa shape index (κ2) is 4.66. The average molecular weight is 347 g/mol. The number of aromatic nitrogens is 2. The summed E-state index contributed by atoms with van der Waals surface area (Å²) in [6.45, 7) is 3.17. The molecule has 6 heteroatoms. The number of hydrogen-bond donors (Lipinski definition) is 0. The van der Waals surface area contributed by atoms with Gasteiger partial charge in [-0.1, -0.05) is 0 Å². The lowest BCUT2D eigenvalue weighted by Crippen LogP contribution is -2.49. The van der Waals surface area contributed by atoms with Crippen LogP contribution in [0, 0.1) is 3.57 Å². The Balaban J connectivity index is 1.82. The van der Waals surface area contributed by atoms with Gasteiger partial charge < -0.3 is 14.4 Å². The number of nitrogens with zero attached hydrogens (tertiary/aromatic N) is 3. The molecule has 2 aliphatic rings. The molecule has 0 bridgehead atoms. The molecule has 0 unspecified atom stereocenters. The van der Waals surface area contributed by atoms with Gasteiger partial charge in [0.2, 0.25) is 0 Å². The third-order valence-corrected chi connectivity index (χ3v) is 3.94. The van der Waals surface area contributed by atoms with E-state index in [9.17, 15) is 0 Å². The van der Waals surface area contributed by atoms with Crippen LogP contribution in [0.25, 0.3) is 0 Å². The van der Waals surface area contributed by atoms with E-state index in [4.69, 9.17) is 9.47 Å². The van der Waals surface area contributed by atoms with E-state index in [2.05, 4.69) is 37.5 Å². The molecule has 0 radical (unpaired) electrons. The van der Waals surface area contributed by atoms with Gasteiger partial charge in [-0.2, -0.15) is 0 Å². The third-order valence-electron chi connectivity index (χ3n) is 3.18. The molecule has 2 fully saturated rings. The number of rotatable bonds is 1. The second-order valence-electron chi connectivity index (χ2n) is 4.33. The van der Waals surface area contributed by atoms with E-state index < -0.39 is 5.79 Å². The summed E-state index contributed by atoms with van der Waals surface area (Å²) in [5.74, 6) is 0.588. The normalized spacial score (nSPS) is 23.2. The van der Waals surface area contributed by atoms with Crippen molar-refractivity contribution in [3.05, 3.63) is 16.1 Å². The highest BCUT2D eigenvalue weighted by atomic mass is 127. The molecule has 0 aliphatic carbocycles. The lowest BCUT2D eigenvalue weighted by molar-refractivity contribution is -0.161. The summed E-state index contributed by atoms with van der Waals surface area (Å²) in [6, 6.07) is 0. The standard InChI is InChI=1S/C11H14IN3O2/c12-9-6-13-8-14-10(9)15-3-1-2-11(7-15)16-4-5-17-11/h6,8H,1-5,7H2. The van der Waals surface area contributed by atoms with E-state index in [1.807, 2.05) is 6.20 Å². The minimum atomic E-state index is -0.397. The molecule has 2 aliphatic heterocycles. The molecule has 3 heterocycles. The van der Waals surface area contributed by atoms with Crippen LogP contribution in [0.1, 0.15) is 12.8 Å². The molecule has 0 aromatic carbocycles. The zero-order chi connectivity index (χ0) is 11.7. The molecular formula is C11H14IN3O2. The van der Waals surface area contributed by atoms with Crippen molar-refractivity contribution in [2.75, 3.05) is 31.2 Å². The Kier molecular flexibility index (Phi) is 3.18. The summed E-state index contributed by atoms with van der Waals surface area (Å²) < 4.78 is 12.6. The van der Waals surface area contributed by atoms with Gasteiger partial charge in [0, 0.05) is 19.2 Å². The van der Waals surface area contributed by atoms with Crippen LogP contribution < -0.4 is 4.90 Å². The van der Waals surface area contributed by atoms with Crippen LogP contribution in [-0.2, 0) is 9.47 Å². The molecule has 0 saturated carbocycles. The van der Waals surface area contributed by atoms with Crippen molar-refractivity contribution in [1.29, 1.82) is 0 Å². The van der Waals surface area contributed by atoms with Gasteiger partial charge in [-0.3, -0.25) is 0 Å². The Morgan fingerprint density at radius 1 is 1.35 bits per heavy atom. The largest absolute Gasteiger partial charge is 0.350 e. The highest BCUT2D eigenvalue weighted by Gasteiger charge is 2.41. The van der Waals surface area contributed by atoms with Crippen LogP contribution >= 0.6 is 22.6 Å². The lowest BCUT2D eigenvalue weighted by Gasteiger charge is -2.39. The third kappa shape index (κ3) is 2.25. The highest BCUT2D eigenvalue weighted by Crippen LogP contribution is 2.32. The molecule has 17 heavy (non-hydrogen) atoms. The van der Waals surface area contributed by atoms with E-state index in [0.29, 0.717) is 13.2 Å². The van der Waals surface area contributed by atoms with E-state index in [1.165, 1.54) is 0 Å². The average Bonchev–Trinajstić information content (AvgIpc) is 2.78. The van der Waals surface area contributed by atoms with E-state index >= 15 is 0 Å². The minimum Gasteiger partial charge on any atom is -0.350 e. The van der Waals surface area contributed by atoms with Crippen LogP contribution in [0.4, 0.5) is 5.82 Å². The lowest BCUT2D eigenvalue weighted by atomic mass is 10.0. The van der Waals surface area contributed by atoms with Gasteiger partial charge in [0.25, 0.3) is 0 Å². The molecule has 2 saturated heterocycles. The molecule has 92 valence electrons. The summed E-state index contributed by atoms with van der Waals surface area (Å²) in [7, 11) is 0. The topological polar surface area (TPSA) is 47.5 Å². The summed E-state index contributed by atoms with van der Waals surface area (Å²) in [5.41, 5.74) is 0. The maximum absolute atomic E-state index is 5.76. The van der Waals surface area contributed by atoms with Gasteiger partial charge in [0.1, 0.15) is 12.1 Å². The summed E-state index contributed by atoms with van der Waals surface area (Å²) in [4.78, 5) is 10.6. The zero-order valence-electron chi connectivity index (χ0n) is 9.43. The molecule has 0 amide bonds. The van der Waals surface area contributed by atoms with Gasteiger partial charge in [0.05, 0.1) is 23.3 Å². The molecule has 3 rings (SSSR count). The van der Waals surface area contributed by atoms with Crippen molar-refractivity contribution in [2.45, 2.75) is 18.6 Å². The number of anilines is 1. The molecule has 0 atom stereocenters. The molecule has 0 N–H and O–H groups in total. The SMILES string of the molecule is Ic1cncnc1N1CCCC2(C1)OCCO2. The fraction of sp³-hybridized carbons (Fsp3) is 0.636. The summed E-state index contributed by atoms with van der Waals surface area (Å²) in [5, 5.41) is 0. The Labute approximate surface area is 114 Å². The van der Waals surface area contributed by atoms with Crippen molar-refractivity contribution in [3.63, 3.8) is 0 Å². The van der Waals surface area contributed by atoms with Crippen LogP contribution in [0.5, 0.6) is 0 Å². The van der Waals surface area contributed by atoms with Crippen molar-refractivity contribution >= 4 is 28.4 Å². The Morgan fingerprint density at radius 2 is 2.18 bits per heavy atom. The molecular weight excluding hydrogens is 333 g/mol. The number of halogens is 1.